The summed E-state index contributed by atoms with van der Waals surface area (Å²) >= 11 is 5.14. The predicted octanol–water partition coefficient (Wildman–Crippen LogP) is 2.92. The molecule has 0 heterocycles. The Morgan fingerprint density at radius 2 is 1.96 bits per heavy atom. The van der Waals surface area contributed by atoms with Crippen molar-refractivity contribution in [1.82, 2.24) is 0 Å². The summed E-state index contributed by atoms with van der Waals surface area (Å²) in [7, 11) is 0. The minimum absolute atomic E-state index is 0.131. The van der Waals surface area contributed by atoms with E-state index in [0.717, 1.165) is 36.3 Å². The molecular weight excluding hydrogens is 358 g/mol. The molecule has 0 aliphatic heterocycles. The smallest absolute Gasteiger partial charge is 0.129 e. The number of phenols is 1. The molecule has 5 atom stereocenters. The van der Waals surface area contributed by atoms with Crippen LogP contribution in [-0.4, -0.2) is 32.0 Å². The molecule has 146 valence electrons. The van der Waals surface area contributed by atoms with E-state index < -0.39 is 17.1 Å². The zero-order valence-corrected chi connectivity index (χ0v) is 16.5. The van der Waals surface area contributed by atoms with Crippen molar-refractivity contribution >= 4 is 17.2 Å². The van der Waals surface area contributed by atoms with Gasteiger partial charge in [0.2, 0.25) is 0 Å². The van der Waals surface area contributed by atoms with E-state index >= 15 is 0 Å². The fourth-order valence-electron chi connectivity index (χ4n) is 6.80. The molecule has 0 radical (unpaired) electrons. The van der Waals surface area contributed by atoms with Crippen LogP contribution in [0.1, 0.15) is 68.1 Å². The molecule has 0 spiro atoms. The highest BCUT2D eigenvalue weighted by molar-refractivity contribution is 7.80. The summed E-state index contributed by atoms with van der Waals surface area (Å²) in [6.45, 7) is 0. The summed E-state index contributed by atoms with van der Waals surface area (Å²) in [5, 5.41) is 33.8. The Hall–Kier alpha value is -1.17. The van der Waals surface area contributed by atoms with Crippen LogP contribution in [0, 0.1) is 17.8 Å². The van der Waals surface area contributed by atoms with E-state index in [4.69, 9.17) is 18.0 Å². The van der Waals surface area contributed by atoms with Crippen LogP contribution >= 0.6 is 12.2 Å². The fraction of sp³-hybridized carbons (Fsp3) is 0.682. The van der Waals surface area contributed by atoms with E-state index in [-0.39, 0.29) is 16.7 Å². The molecule has 3 saturated carbocycles. The molecule has 4 aliphatic rings. The second-order valence-corrected chi connectivity index (χ2v) is 9.99. The molecule has 1 aromatic rings. The van der Waals surface area contributed by atoms with Crippen LogP contribution in [-0.2, 0) is 11.8 Å². The number of nitrogens with two attached hydrogens (primary N) is 1. The van der Waals surface area contributed by atoms with Crippen LogP contribution in [0.5, 0.6) is 5.75 Å². The molecule has 0 amide bonds. The van der Waals surface area contributed by atoms with Crippen molar-refractivity contribution in [3.05, 3.63) is 28.8 Å². The normalized spacial score (nSPS) is 40.1. The molecule has 5 rings (SSSR count). The van der Waals surface area contributed by atoms with Crippen LogP contribution in [0.3, 0.4) is 0 Å². The van der Waals surface area contributed by atoms with Gasteiger partial charge in [-0.2, -0.15) is 0 Å². The molecule has 5 N–H and O–H groups in total. The summed E-state index contributed by atoms with van der Waals surface area (Å²) in [6, 6.07) is 3.86. The number of hydrogen-bond acceptors (Lipinski definition) is 4. The maximum atomic E-state index is 12.1. The van der Waals surface area contributed by atoms with Gasteiger partial charge in [0.05, 0.1) is 17.3 Å². The van der Waals surface area contributed by atoms with Gasteiger partial charge in [-0.25, -0.2) is 0 Å². The molecule has 3 fully saturated rings. The number of aromatic hydroxyl groups is 1. The number of benzene rings is 1. The van der Waals surface area contributed by atoms with Crippen molar-refractivity contribution in [1.29, 1.82) is 0 Å². The zero-order chi connectivity index (χ0) is 19.0. The summed E-state index contributed by atoms with van der Waals surface area (Å²) in [4.78, 5) is 0.177. The zero-order valence-electron chi connectivity index (χ0n) is 15.7. The first kappa shape index (κ1) is 17.9. The molecule has 4 aliphatic carbocycles. The standard InChI is InChI=1S/C22H29NO3S/c23-20(27)16-4-3-14-10-17-13(9-12-1-2-12)5-7-21(18(14)19(16)25)11-15(24)6-8-22(17,21)26/h3-4,12-13,15,17,24-26H,1-2,5-11H2,(H2,23,27)/t13?,15?,17-,21+,22+/m0/s1. The van der Waals surface area contributed by atoms with Gasteiger partial charge in [-0.1, -0.05) is 31.1 Å². The van der Waals surface area contributed by atoms with Gasteiger partial charge in [-0.15, -0.1) is 0 Å². The lowest BCUT2D eigenvalue weighted by atomic mass is 9.43. The molecule has 0 aromatic heterocycles. The maximum Gasteiger partial charge on any atom is 0.129 e. The van der Waals surface area contributed by atoms with Crippen LogP contribution in [0.4, 0.5) is 0 Å². The second kappa shape index (κ2) is 5.91. The number of thiocarbonyl (C=S) groups is 1. The number of rotatable bonds is 3. The third-order valence-corrected chi connectivity index (χ3v) is 8.40. The first-order chi connectivity index (χ1) is 12.9. The van der Waals surface area contributed by atoms with Gasteiger partial charge in [0.1, 0.15) is 10.7 Å². The summed E-state index contributed by atoms with van der Waals surface area (Å²) in [6.07, 6.45) is 7.88. The largest absolute Gasteiger partial charge is 0.507 e. The molecular formula is C22H29NO3S. The molecule has 2 unspecified atom stereocenters. The summed E-state index contributed by atoms with van der Waals surface area (Å²) in [5.74, 6) is 1.72. The summed E-state index contributed by atoms with van der Waals surface area (Å²) < 4.78 is 0. The van der Waals surface area contributed by atoms with E-state index in [1.165, 1.54) is 19.3 Å². The SMILES string of the molecule is NC(=S)c1ccc2c(c1O)[C@]13CCC(CC4CC4)[C@H](C2)[C@]1(O)CCC(O)C3. The highest BCUT2D eigenvalue weighted by Gasteiger charge is 2.65. The maximum absolute atomic E-state index is 12.1. The van der Waals surface area contributed by atoms with Gasteiger partial charge in [0, 0.05) is 11.0 Å². The Morgan fingerprint density at radius 1 is 1.19 bits per heavy atom. The van der Waals surface area contributed by atoms with Crippen LogP contribution in [0.2, 0.25) is 0 Å². The topological polar surface area (TPSA) is 86.7 Å². The lowest BCUT2D eigenvalue weighted by molar-refractivity contribution is -0.183. The lowest BCUT2D eigenvalue weighted by Crippen LogP contribution is -2.67. The molecule has 5 heteroatoms. The summed E-state index contributed by atoms with van der Waals surface area (Å²) in [5.41, 5.74) is 6.81. The Labute approximate surface area is 165 Å². The van der Waals surface area contributed by atoms with Crippen molar-refractivity contribution < 1.29 is 15.3 Å². The fourth-order valence-corrected chi connectivity index (χ4v) is 6.97. The Balaban J connectivity index is 1.68. The van der Waals surface area contributed by atoms with Gasteiger partial charge < -0.3 is 21.1 Å². The number of phenolic OH excluding ortho intramolecular Hbond substituents is 1. The van der Waals surface area contributed by atoms with Crippen molar-refractivity contribution in [2.75, 3.05) is 0 Å². The highest BCUT2D eigenvalue weighted by Crippen LogP contribution is 2.65. The minimum atomic E-state index is -0.858. The Bertz CT molecular complexity index is 807. The Morgan fingerprint density at radius 3 is 2.67 bits per heavy atom. The number of aliphatic hydroxyl groups excluding tert-OH is 1. The van der Waals surface area contributed by atoms with Crippen LogP contribution in [0.15, 0.2) is 12.1 Å². The third-order valence-electron chi connectivity index (χ3n) is 8.18. The van der Waals surface area contributed by atoms with Gasteiger partial charge >= 0.3 is 0 Å². The molecule has 1 aromatic carbocycles. The van der Waals surface area contributed by atoms with Gasteiger partial charge in [-0.3, -0.25) is 0 Å². The van der Waals surface area contributed by atoms with Crippen molar-refractivity contribution in [3.8, 4) is 5.75 Å². The number of aliphatic hydroxyl groups is 2. The monoisotopic (exact) mass is 387 g/mol. The second-order valence-electron chi connectivity index (χ2n) is 9.55. The Kier molecular flexibility index (Phi) is 3.92. The van der Waals surface area contributed by atoms with Crippen molar-refractivity contribution in [2.24, 2.45) is 23.5 Å². The molecule has 4 nitrogen and oxygen atoms in total. The number of fused-ring (bicyclic) bond motifs is 1. The van der Waals surface area contributed by atoms with Crippen LogP contribution in [0.25, 0.3) is 0 Å². The molecule has 27 heavy (non-hydrogen) atoms. The average molecular weight is 388 g/mol. The third kappa shape index (κ3) is 2.44. The highest BCUT2D eigenvalue weighted by atomic mass is 32.1. The average Bonchev–Trinajstić information content (AvgIpc) is 3.42. The van der Waals surface area contributed by atoms with E-state index in [0.29, 0.717) is 30.7 Å². The van der Waals surface area contributed by atoms with E-state index in [9.17, 15) is 15.3 Å². The molecule has 2 bridgehead atoms. The van der Waals surface area contributed by atoms with E-state index in [2.05, 4.69) is 0 Å². The quantitative estimate of drug-likeness (QED) is 0.599. The lowest BCUT2D eigenvalue weighted by Gasteiger charge is -2.64. The van der Waals surface area contributed by atoms with E-state index in [1.807, 2.05) is 12.1 Å². The number of hydrogen-bond donors (Lipinski definition) is 4. The van der Waals surface area contributed by atoms with Crippen LogP contribution < -0.4 is 5.73 Å². The first-order valence-corrected chi connectivity index (χ1v) is 10.8. The first-order valence-electron chi connectivity index (χ1n) is 10.4. The molecule has 0 saturated heterocycles. The van der Waals surface area contributed by atoms with Gasteiger partial charge in [0.25, 0.3) is 0 Å². The van der Waals surface area contributed by atoms with Crippen molar-refractivity contribution in [2.45, 2.75) is 74.9 Å². The predicted molar refractivity (Wildman–Crippen MR) is 108 cm³/mol. The van der Waals surface area contributed by atoms with Gasteiger partial charge in [0.15, 0.2) is 0 Å². The van der Waals surface area contributed by atoms with Gasteiger partial charge in [-0.05, 0) is 74.3 Å². The van der Waals surface area contributed by atoms with Crippen molar-refractivity contribution in [3.63, 3.8) is 0 Å². The minimum Gasteiger partial charge on any atom is -0.507 e. The van der Waals surface area contributed by atoms with E-state index in [1.54, 1.807) is 0 Å².